The molecule has 2 amide bonds. The number of carbonyl (C=O) groups excluding carboxylic acids is 2. The number of pyridine rings is 1. The van der Waals surface area contributed by atoms with Gasteiger partial charge in [-0.2, -0.15) is 0 Å². The van der Waals surface area contributed by atoms with Gasteiger partial charge in [0.25, 0.3) is 11.8 Å². The van der Waals surface area contributed by atoms with Crippen LogP contribution in [0.1, 0.15) is 46.9 Å². The van der Waals surface area contributed by atoms with Crippen molar-refractivity contribution in [3.05, 3.63) is 29.6 Å². The van der Waals surface area contributed by atoms with Gasteiger partial charge in [0.15, 0.2) is 0 Å². The van der Waals surface area contributed by atoms with Crippen molar-refractivity contribution in [2.24, 2.45) is 5.92 Å². The Bertz CT molecular complexity index is 574. The van der Waals surface area contributed by atoms with Gasteiger partial charge < -0.3 is 15.1 Å². The first-order valence-electron chi connectivity index (χ1n) is 8.64. The van der Waals surface area contributed by atoms with E-state index in [-0.39, 0.29) is 11.8 Å². The lowest BCUT2D eigenvalue weighted by Crippen LogP contribution is -2.39. The van der Waals surface area contributed by atoms with Crippen LogP contribution in [0.2, 0.25) is 0 Å². The zero-order valence-corrected chi connectivity index (χ0v) is 14.9. The Morgan fingerprint density at radius 1 is 1.33 bits per heavy atom. The molecular weight excluding hydrogens is 304 g/mol. The molecule has 132 valence electrons. The van der Waals surface area contributed by atoms with E-state index in [1.807, 2.05) is 19.0 Å². The summed E-state index contributed by atoms with van der Waals surface area (Å²) >= 11 is 0. The normalized spacial score (nSPS) is 17.8. The summed E-state index contributed by atoms with van der Waals surface area (Å²) in [6.07, 6.45) is 6.14. The summed E-state index contributed by atoms with van der Waals surface area (Å²) in [5, 5.41) is 2.88. The number of hydrogen-bond acceptors (Lipinski definition) is 4. The zero-order valence-electron chi connectivity index (χ0n) is 14.9. The number of rotatable bonds is 6. The van der Waals surface area contributed by atoms with Gasteiger partial charge in [0, 0.05) is 32.0 Å². The number of hydrogen-bond donors (Lipinski definition) is 1. The van der Waals surface area contributed by atoms with Crippen molar-refractivity contribution in [1.29, 1.82) is 0 Å². The first-order valence-corrected chi connectivity index (χ1v) is 8.64. The molecule has 24 heavy (non-hydrogen) atoms. The predicted octanol–water partition coefficient (Wildman–Crippen LogP) is 1.64. The summed E-state index contributed by atoms with van der Waals surface area (Å²) in [7, 11) is 4.00. The zero-order chi connectivity index (χ0) is 17.5. The van der Waals surface area contributed by atoms with Crippen molar-refractivity contribution < 1.29 is 9.59 Å². The van der Waals surface area contributed by atoms with Crippen molar-refractivity contribution in [1.82, 2.24) is 20.1 Å². The van der Waals surface area contributed by atoms with Crippen LogP contribution in [0.25, 0.3) is 0 Å². The van der Waals surface area contributed by atoms with Gasteiger partial charge in [-0.25, -0.2) is 0 Å². The molecule has 0 bridgehead atoms. The molecule has 6 nitrogen and oxygen atoms in total. The van der Waals surface area contributed by atoms with E-state index in [2.05, 4.69) is 22.1 Å². The van der Waals surface area contributed by atoms with Gasteiger partial charge in [-0.15, -0.1) is 0 Å². The van der Waals surface area contributed by atoms with Crippen LogP contribution >= 0.6 is 0 Å². The van der Waals surface area contributed by atoms with Crippen LogP contribution < -0.4 is 5.32 Å². The third-order valence-electron chi connectivity index (χ3n) is 4.26. The number of aromatic nitrogens is 1. The van der Waals surface area contributed by atoms with E-state index in [1.54, 1.807) is 12.3 Å². The van der Waals surface area contributed by atoms with Gasteiger partial charge in [0.2, 0.25) is 0 Å². The fraction of sp³-hybridized carbons (Fsp3) is 0.611. The van der Waals surface area contributed by atoms with E-state index < -0.39 is 0 Å². The second kappa shape index (κ2) is 8.78. The largest absolute Gasteiger partial charge is 0.352 e. The van der Waals surface area contributed by atoms with Gasteiger partial charge in [-0.05, 0) is 51.9 Å². The molecule has 0 radical (unpaired) electrons. The minimum absolute atomic E-state index is 0.0312. The van der Waals surface area contributed by atoms with Gasteiger partial charge in [-0.1, -0.05) is 6.92 Å². The van der Waals surface area contributed by atoms with E-state index >= 15 is 0 Å². The Morgan fingerprint density at radius 3 is 2.79 bits per heavy atom. The molecule has 1 atom stereocenters. The highest BCUT2D eigenvalue weighted by Gasteiger charge is 2.22. The summed E-state index contributed by atoms with van der Waals surface area (Å²) in [6, 6.07) is 1.65. The fourth-order valence-electron chi connectivity index (χ4n) is 2.94. The van der Waals surface area contributed by atoms with E-state index in [0.29, 0.717) is 23.6 Å². The Hall–Kier alpha value is -1.95. The molecular formula is C18H28N4O2. The summed E-state index contributed by atoms with van der Waals surface area (Å²) in [6.45, 7) is 5.25. The van der Waals surface area contributed by atoms with Crippen molar-refractivity contribution in [2.75, 3.05) is 40.3 Å². The van der Waals surface area contributed by atoms with E-state index in [1.165, 1.54) is 6.20 Å². The third kappa shape index (κ3) is 5.30. The first-order chi connectivity index (χ1) is 11.5. The minimum Gasteiger partial charge on any atom is -0.352 e. The Morgan fingerprint density at radius 2 is 2.08 bits per heavy atom. The topological polar surface area (TPSA) is 65.5 Å². The van der Waals surface area contributed by atoms with Crippen LogP contribution in [0.5, 0.6) is 0 Å². The summed E-state index contributed by atoms with van der Waals surface area (Å²) in [4.78, 5) is 32.8. The highest BCUT2D eigenvalue weighted by molar-refractivity contribution is 5.99. The summed E-state index contributed by atoms with van der Waals surface area (Å²) in [5.74, 6) is 0.318. The van der Waals surface area contributed by atoms with Crippen LogP contribution in [0.4, 0.5) is 0 Å². The lowest BCUT2D eigenvalue weighted by Gasteiger charge is -2.30. The van der Waals surface area contributed by atoms with Crippen molar-refractivity contribution in [2.45, 2.75) is 26.2 Å². The molecule has 1 fully saturated rings. The number of likely N-dealkylation sites (tertiary alicyclic amines) is 1. The second-order valence-corrected chi connectivity index (χ2v) is 6.87. The molecule has 6 heteroatoms. The first kappa shape index (κ1) is 18.4. The highest BCUT2D eigenvalue weighted by atomic mass is 16.2. The number of piperidine rings is 1. The maximum Gasteiger partial charge on any atom is 0.255 e. The Balaban J connectivity index is 1.95. The number of amides is 2. The Kier molecular flexibility index (Phi) is 6.73. The SMILES string of the molecule is CC1CCCN(C(=O)c2cncc(C(=O)NCCCN(C)C)c2)C1. The molecule has 1 aliphatic heterocycles. The molecule has 0 saturated carbocycles. The van der Waals surface area contributed by atoms with E-state index in [9.17, 15) is 9.59 Å². The molecule has 1 N–H and O–H groups in total. The molecule has 0 aromatic carbocycles. The van der Waals surface area contributed by atoms with Crippen molar-refractivity contribution in [3.8, 4) is 0 Å². The lowest BCUT2D eigenvalue weighted by atomic mass is 9.99. The van der Waals surface area contributed by atoms with Crippen molar-refractivity contribution >= 4 is 11.8 Å². The maximum absolute atomic E-state index is 12.6. The van der Waals surface area contributed by atoms with Crippen LogP contribution in [-0.4, -0.2) is 66.9 Å². The number of nitrogens with zero attached hydrogens (tertiary/aromatic N) is 3. The standard InChI is InChI=1S/C18H28N4O2/c1-14-6-4-9-22(13-14)18(24)16-10-15(11-19-12-16)17(23)20-7-5-8-21(2)3/h10-12,14H,4-9,13H2,1-3H3,(H,20,23). The number of nitrogens with one attached hydrogen (secondary N) is 1. The van der Waals surface area contributed by atoms with Crippen LogP contribution in [0.3, 0.4) is 0 Å². The van der Waals surface area contributed by atoms with Crippen LogP contribution in [0, 0.1) is 5.92 Å². The number of carbonyl (C=O) groups is 2. The average Bonchev–Trinajstić information content (AvgIpc) is 2.58. The summed E-state index contributed by atoms with van der Waals surface area (Å²) in [5.41, 5.74) is 0.931. The minimum atomic E-state index is -0.178. The average molecular weight is 332 g/mol. The van der Waals surface area contributed by atoms with Crippen molar-refractivity contribution in [3.63, 3.8) is 0 Å². The second-order valence-electron chi connectivity index (χ2n) is 6.87. The van der Waals surface area contributed by atoms with Gasteiger partial charge in [0.1, 0.15) is 0 Å². The van der Waals surface area contributed by atoms with E-state index in [0.717, 1.165) is 38.9 Å². The lowest BCUT2D eigenvalue weighted by molar-refractivity contribution is 0.0682. The van der Waals surface area contributed by atoms with Gasteiger partial charge >= 0.3 is 0 Å². The molecule has 1 unspecified atom stereocenters. The monoisotopic (exact) mass is 332 g/mol. The highest BCUT2D eigenvalue weighted by Crippen LogP contribution is 2.18. The molecule has 2 rings (SSSR count). The Labute approximate surface area is 144 Å². The fourth-order valence-corrected chi connectivity index (χ4v) is 2.94. The van der Waals surface area contributed by atoms with E-state index in [4.69, 9.17) is 0 Å². The smallest absolute Gasteiger partial charge is 0.255 e. The molecule has 0 spiro atoms. The predicted molar refractivity (Wildman–Crippen MR) is 94.0 cm³/mol. The third-order valence-corrected chi connectivity index (χ3v) is 4.26. The maximum atomic E-state index is 12.6. The molecule has 1 aromatic heterocycles. The quantitative estimate of drug-likeness (QED) is 0.804. The molecule has 1 saturated heterocycles. The summed E-state index contributed by atoms with van der Waals surface area (Å²) < 4.78 is 0. The molecule has 0 aliphatic carbocycles. The molecule has 1 aliphatic rings. The van der Waals surface area contributed by atoms with Gasteiger partial charge in [-0.3, -0.25) is 14.6 Å². The molecule has 2 heterocycles. The van der Waals surface area contributed by atoms with Crippen LogP contribution in [-0.2, 0) is 0 Å². The molecule has 1 aromatic rings. The van der Waals surface area contributed by atoms with Crippen LogP contribution in [0.15, 0.2) is 18.5 Å². The van der Waals surface area contributed by atoms with Gasteiger partial charge in [0.05, 0.1) is 11.1 Å².